The van der Waals surface area contributed by atoms with Gasteiger partial charge in [0.1, 0.15) is 23.4 Å². The Morgan fingerprint density at radius 3 is 2.78 bits per heavy atom. The number of rotatable bonds is 7. The summed E-state index contributed by atoms with van der Waals surface area (Å²) >= 11 is 0. The number of aryl methyl sites for hydroxylation is 2. The second kappa shape index (κ2) is 9.26. The fourth-order valence-electron chi connectivity index (χ4n) is 3.88. The van der Waals surface area contributed by atoms with Gasteiger partial charge >= 0.3 is 0 Å². The van der Waals surface area contributed by atoms with Crippen LogP contribution in [0.1, 0.15) is 22.5 Å². The largest absolute Gasteiger partial charge is 0.497 e. The number of hydrogen-bond donors (Lipinski definition) is 1. The molecule has 2 aromatic carbocycles. The summed E-state index contributed by atoms with van der Waals surface area (Å²) in [4.78, 5) is 21.6. The molecule has 7 nitrogen and oxygen atoms in total. The number of nitrogens with zero attached hydrogens (tertiary/aromatic N) is 2. The minimum Gasteiger partial charge on any atom is -0.497 e. The number of fused-ring (bicyclic) bond motifs is 1. The highest BCUT2D eigenvalue weighted by atomic mass is 16.5. The average Bonchev–Trinajstić information content (AvgIpc) is 3.21. The summed E-state index contributed by atoms with van der Waals surface area (Å²) in [5.74, 6) is 2.10. The second-order valence-electron chi connectivity index (χ2n) is 7.87. The van der Waals surface area contributed by atoms with Gasteiger partial charge in [-0.3, -0.25) is 9.78 Å². The fourth-order valence-corrected chi connectivity index (χ4v) is 3.88. The smallest absolute Gasteiger partial charge is 0.224 e. The molecule has 1 N–H and O–H groups in total. The number of aromatic nitrogens is 2. The average molecular weight is 434 g/mol. The highest BCUT2D eigenvalue weighted by Gasteiger charge is 2.24. The molecule has 0 radical (unpaired) electrons. The molecule has 32 heavy (non-hydrogen) atoms. The number of ether oxygens (including phenoxy) is 3. The van der Waals surface area contributed by atoms with Gasteiger partial charge in [-0.05, 0) is 55.8 Å². The summed E-state index contributed by atoms with van der Waals surface area (Å²) in [6.45, 7) is 4.33. The number of nitrogens with one attached hydrogen (secondary N) is 1. The molecule has 0 spiro atoms. The predicted molar refractivity (Wildman–Crippen MR) is 121 cm³/mol. The molecular weight excluding hydrogens is 406 g/mol. The molecule has 7 heteroatoms. The molecule has 1 atom stereocenters. The number of amides is 1. The van der Waals surface area contributed by atoms with Crippen LogP contribution in [-0.4, -0.2) is 42.7 Å². The van der Waals surface area contributed by atoms with Crippen molar-refractivity contribution in [2.75, 3.05) is 20.8 Å². The summed E-state index contributed by atoms with van der Waals surface area (Å²) in [5, 5.41) is 2.98. The van der Waals surface area contributed by atoms with Crippen LogP contribution in [-0.2, 0) is 17.6 Å². The molecule has 1 aromatic heterocycles. The third-order valence-corrected chi connectivity index (χ3v) is 5.52. The lowest BCUT2D eigenvalue weighted by Gasteiger charge is -2.13. The molecule has 4 rings (SSSR count). The molecule has 0 fully saturated rings. The van der Waals surface area contributed by atoms with Crippen LogP contribution in [0.3, 0.4) is 0 Å². The van der Waals surface area contributed by atoms with Gasteiger partial charge in [0.05, 0.1) is 44.3 Å². The highest BCUT2D eigenvalue weighted by Crippen LogP contribution is 2.33. The molecule has 0 unspecified atom stereocenters. The van der Waals surface area contributed by atoms with Gasteiger partial charge in [0.25, 0.3) is 0 Å². The Labute approximate surface area is 187 Å². The first-order valence-corrected chi connectivity index (χ1v) is 10.5. The molecule has 0 aliphatic carbocycles. The van der Waals surface area contributed by atoms with E-state index in [0.717, 1.165) is 45.9 Å². The van der Waals surface area contributed by atoms with E-state index >= 15 is 0 Å². The first-order valence-electron chi connectivity index (χ1n) is 10.5. The van der Waals surface area contributed by atoms with Crippen LogP contribution in [0.5, 0.6) is 17.2 Å². The molecule has 0 bridgehead atoms. The lowest BCUT2D eigenvalue weighted by atomic mass is 10.0. The van der Waals surface area contributed by atoms with Crippen molar-refractivity contribution >= 4 is 5.91 Å². The monoisotopic (exact) mass is 433 g/mol. The maximum absolute atomic E-state index is 12.5. The van der Waals surface area contributed by atoms with Crippen LogP contribution >= 0.6 is 0 Å². The lowest BCUT2D eigenvalue weighted by Crippen LogP contribution is -2.35. The fraction of sp³-hybridized carbons (Fsp3) is 0.320. The van der Waals surface area contributed by atoms with Gasteiger partial charge < -0.3 is 19.5 Å². The Hall–Kier alpha value is -3.61. The number of carbonyl (C=O) groups is 1. The predicted octanol–water partition coefficient (Wildman–Crippen LogP) is 3.44. The minimum atomic E-state index is -0.110. The molecular formula is C25H27N3O4. The van der Waals surface area contributed by atoms with Crippen molar-refractivity contribution in [1.82, 2.24) is 15.3 Å². The summed E-state index contributed by atoms with van der Waals surface area (Å²) in [6.07, 6.45) is 2.59. The number of carbonyl (C=O) groups excluding carboxylic acids is 1. The maximum atomic E-state index is 12.5. The zero-order chi connectivity index (χ0) is 22.7. The van der Waals surface area contributed by atoms with E-state index in [2.05, 4.69) is 21.4 Å². The SMILES string of the molecule is COc1ccc(OC)c(CC(=O)NC[C@H]2Cc3cc(-c4nc(C)cnc4C)ccc3O2)c1. The molecule has 0 saturated carbocycles. The Kier molecular flexibility index (Phi) is 6.25. The Morgan fingerprint density at radius 2 is 2.00 bits per heavy atom. The zero-order valence-electron chi connectivity index (χ0n) is 18.8. The molecule has 1 aliphatic heterocycles. The van der Waals surface area contributed by atoms with Crippen molar-refractivity contribution < 1.29 is 19.0 Å². The van der Waals surface area contributed by atoms with E-state index in [9.17, 15) is 4.79 Å². The van der Waals surface area contributed by atoms with E-state index in [1.807, 2.05) is 38.1 Å². The third kappa shape index (κ3) is 4.66. The van der Waals surface area contributed by atoms with Crippen molar-refractivity contribution in [3.8, 4) is 28.5 Å². The van der Waals surface area contributed by atoms with Gasteiger partial charge in [-0.1, -0.05) is 0 Å². The molecule has 2 heterocycles. The van der Waals surface area contributed by atoms with Gasteiger partial charge in [-0.15, -0.1) is 0 Å². The quantitative estimate of drug-likeness (QED) is 0.615. The molecule has 0 saturated heterocycles. The van der Waals surface area contributed by atoms with E-state index in [0.29, 0.717) is 18.0 Å². The van der Waals surface area contributed by atoms with Gasteiger partial charge in [-0.2, -0.15) is 0 Å². The maximum Gasteiger partial charge on any atom is 0.224 e. The van der Waals surface area contributed by atoms with Gasteiger partial charge in [-0.25, -0.2) is 4.98 Å². The second-order valence-corrected chi connectivity index (χ2v) is 7.87. The van der Waals surface area contributed by atoms with E-state index in [-0.39, 0.29) is 18.4 Å². The van der Waals surface area contributed by atoms with E-state index in [1.165, 1.54) is 0 Å². The van der Waals surface area contributed by atoms with Crippen molar-refractivity contribution in [1.29, 1.82) is 0 Å². The molecule has 1 amide bonds. The summed E-state index contributed by atoms with van der Waals surface area (Å²) in [5.41, 5.74) is 5.58. The van der Waals surface area contributed by atoms with E-state index in [1.54, 1.807) is 26.5 Å². The van der Waals surface area contributed by atoms with Crippen molar-refractivity contribution in [3.63, 3.8) is 0 Å². The first kappa shape index (κ1) is 21.6. The first-order chi connectivity index (χ1) is 15.5. The van der Waals surface area contributed by atoms with Crippen molar-refractivity contribution in [3.05, 3.63) is 65.1 Å². The topological polar surface area (TPSA) is 82.6 Å². The zero-order valence-corrected chi connectivity index (χ0v) is 18.8. The lowest BCUT2D eigenvalue weighted by molar-refractivity contribution is -0.120. The molecule has 1 aliphatic rings. The number of methoxy groups -OCH3 is 2. The van der Waals surface area contributed by atoms with Crippen LogP contribution < -0.4 is 19.5 Å². The standard InChI is InChI=1S/C25H27N3O4/c1-15-13-26-16(2)25(28-15)17-5-7-23-18(9-17)11-21(32-23)14-27-24(29)12-19-10-20(30-3)6-8-22(19)31-4/h5-10,13,21H,11-12,14H2,1-4H3,(H,27,29)/t21-/m1/s1. The summed E-state index contributed by atoms with van der Waals surface area (Å²) in [7, 11) is 3.18. The van der Waals surface area contributed by atoms with Crippen molar-refractivity contribution in [2.24, 2.45) is 0 Å². The van der Waals surface area contributed by atoms with Gasteiger partial charge in [0.2, 0.25) is 5.91 Å². The molecule has 166 valence electrons. The Balaban J connectivity index is 1.38. The molecule has 3 aromatic rings. The number of benzene rings is 2. The Morgan fingerprint density at radius 1 is 1.16 bits per heavy atom. The third-order valence-electron chi connectivity index (χ3n) is 5.52. The van der Waals surface area contributed by atoms with Crippen LogP contribution in [0, 0.1) is 13.8 Å². The Bertz CT molecular complexity index is 1150. The van der Waals surface area contributed by atoms with Crippen LogP contribution in [0.2, 0.25) is 0 Å². The normalized spacial score (nSPS) is 14.4. The summed E-state index contributed by atoms with van der Waals surface area (Å²) in [6, 6.07) is 11.5. The van der Waals surface area contributed by atoms with Crippen LogP contribution in [0.15, 0.2) is 42.6 Å². The van der Waals surface area contributed by atoms with E-state index in [4.69, 9.17) is 14.2 Å². The van der Waals surface area contributed by atoms with E-state index < -0.39 is 0 Å². The summed E-state index contributed by atoms with van der Waals surface area (Å²) < 4.78 is 16.7. The van der Waals surface area contributed by atoms with Crippen LogP contribution in [0.4, 0.5) is 0 Å². The number of hydrogen-bond acceptors (Lipinski definition) is 6. The van der Waals surface area contributed by atoms with Crippen molar-refractivity contribution in [2.45, 2.75) is 32.8 Å². The van der Waals surface area contributed by atoms with Gasteiger partial charge in [0.15, 0.2) is 0 Å². The van der Waals surface area contributed by atoms with Crippen LogP contribution in [0.25, 0.3) is 11.3 Å². The minimum absolute atomic E-state index is 0.0949. The highest BCUT2D eigenvalue weighted by molar-refractivity contribution is 5.79. The van der Waals surface area contributed by atoms with Gasteiger partial charge in [0, 0.05) is 23.7 Å².